The van der Waals surface area contributed by atoms with Crippen LogP contribution in [0, 0.1) is 5.92 Å². The number of nitrogens with zero attached hydrogens (tertiary/aromatic N) is 3. The molecular weight excluding hydrogens is 334 g/mol. The summed E-state index contributed by atoms with van der Waals surface area (Å²) in [5, 5.41) is 0. The second kappa shape index (κ2) is 7.35. The van der Waals surface area contributed by atoms with Gasteiger partial charge >= 0.3 is 0 Å². The van der Waals surface area contributed by atoms with Gasteiger partial charge in [0.2, 0.25) is 11.8 Å². The fourth-order valence-electron chi connectivity index (χ4n) is 3.64. The van der Waals surface area contributed by atoms with Crippen LogP contribution in [0.25, 0.3) is 0 Å². The first kappa shape index (κ1) is 18.2. The highest BCUT2D eigenvalue weighted by Gasteiger charge is 2.43. The number of benzene rings is 1. The minimum atomic E-state index is -0.480. The van der Waals surface area contributed by atoms with Gasteiger partial charge in [-0.1, -0.05) is 0 Å². The molecule has 1 aromatic rings. The van der Waals surface area contributed by atoms with Crippen molar-refractivity contribution < 1.29 is 19.1 Å². The van der Waals surface area contributed by atoms with E-state index in [0.29, 0.717) is 36.7 Å². The molecule has 2 aliphatic heterocycles. The molecule has 7 heteroatoms. The molecule has 140 valence electrons. The van der Waals surface area contributed by atoms with Crippen LogP contribution in [0.5, 0.6) is 5.75 Å². The number of piperidine rings is 2. The Labute approximate surface area is 153 Å². The third-order valence-corrected chi connectivity index (χ3v) is 5.21. The highest BCUT2D eigenvalue weighted by atomic mass is 16.5. The predicted molar refractivity (Wildman–Crippen MR) is 95.8 cm³/mol. The van der Waals surface area contributed by atoms with E-state index in [1.807, 2.05) is 0 Å². The van der Waals surface area contributed by atoms with Gasteiger partial charge in [0.25, 0.3) is 5.91 Å². The van der Waals surface area contributed by atoms with Gasteiger partial charge < -0.3 is 19.4 Å². The van der Waals surface area contributed by atoms with Crippen molar-refractivity contribution in [1.29, 1.82) is 0 Å². The summed E-state index contributed by atoms with van der Waals surface area (Å²) in [7, 11) is 4.93. The van der Waals surface area contributed by atoms with Crippen molar-refractivity contribution in [2.24, 2.45) is 5.92 Å². The third kappa shape index (κ3) is 3.52. The van der Waals surface area contributed by atoms with Crippen molar-refractivity contribution in [1.82, 2.24) is 14.7 Å². The molecule has 3 amide bonds. The number of methoxy groups -OCH3 is 1. The number of likely N-dealkylation sites (N-methyl/N-ethyl adjacent to an activating group) is 1. The van der Waals surface area contributed by atoms with Crippen molar-refractivity contribution in [3.05, 3.63) is 29.8 Å². The van der Waals surface area contributed by atoms with Crippen molar-refractivity contribution >= 4 is 17.7 Å². The lowest BCUT2D eigenvalue weighted by Gasteiger charge is -2.46. The molecule has 2 bridgehead atoms. The van der Waals surface area contributed by atoms with Gasteiger partial charge in [-0.15, -0.1) is 0 Å². The SMILES string of the molecule is COc1ccc(C(=O)N2CC[C@H]3C[C@@H]2C(=O)N(CC(=O)N(C)C)C3)cc1. The molecule has 3 rings (SSSR count). The second-order valence-corrected chi connectivity index (χ2v) is 7.14. The predicted octanol–water partition coefficient (Wildman–Crippen LogP) is 0.846. The number of likely N-dealkylation sites (tertiary alicyclic amines) is 2. The van der Waals surface area contributed by atoms with Crippen LogP contribution in [-0.4, -0.2) is 79.3 Å². The van der Waals surface area contributed by atoms with E-state index in [0.717, 1.165) is 6.42 Å². The van der Waals surface area contributed by atoms with E-state index >= 15 is 0 Å². The Hall–Kier alpha value is -2.57. The molecule has 0 aliphatic carbocycles. The summed E-state index contributed by atoms with van der Waals surface area (Å²) >= 11 is 0. The van der Waals surface area contributed by atoms with E-state index < -0.39 is 6.04 Å². The molecule has 0 unspecified atom stereocenters. The van der Waals surface area contributed by atoms with E-state index in [1.165, 1.54) is 4.90 Å². The van der Waals surface area contributed by atoms with Crippen molar-refractivity contribution in [2.75, 3.05) is 40.8 Å². The van der Waals surface area contributed by atoms with Crippen LogP contribution in [0.2, 0.25) is 0 Å². The van der Waals surface area contributed by atoms with Gasteiger partial charge in [-0.2, -0.15) is 0 Å². The summed E-state index contributed by atoms with van der Waals surface area (Å²) in [4.78, 5) is 42.6. The van der Waals surface area contributed by atoms with Crippen molar-refractivity contribution in [3.63, 3.8) is 0 Å². The Kier molecular flexibility index (Phi) is 5.15. The number of rotatable bonds is 4. The molecule has 26 heavy (non-hydrogen) atoms. The van der Waals surface area contributed by atoms with Gasteiger partial charge in [-0.05, 0) is 43.0 Å². The van der Waals surface area contributed by atoms with E-state index in [-0.39, 0.29) is 24.3 Å². The van der Waals surface area contributed by atoms with Gasteiger partial charge in [0.05, 0.1) is 13.7 Å². The zero-order valence-electron chi connectivity index (χ0n) is 15.5. The number of carbonyl (C=O) groups is 3. The number of fused-ring (bicyclic) bond motifs is 2. The average Bonchev–Trinajstić information content (AvgIpc) is 2.65. The molecule has 2 aliphatic rings. The molecule has 2 fully saturated rings. The maximum atomic E-state index is 12.9. The van der Waals surface area contributed by atoms with Crippen molar-refractivity contribution in [3.8, 4) is 5.75 Å². The van der Waals surface area contributed by atoms with Gasteiger partial charge in [0.15, 0.2) is 0 Å². The Morgan fingerprint density at radius 2 is 1.92 bits per heavy atom. The fraction of sp³-hybridized carbons (Fsp3) is 0.526. The fourth-order valence-corrected chi connectivity index (χ4v) is 3.64. The Balaban J connectivity index is 1.76. The number of amides is 3. The van der Waals surface area contributed by atoms with Gasteiger partial charge in [0, 0.05) is 32.7 Å². The van der Waals surface area contributed by atoms with Crippen LogP contribution >= 0.6 is 0 Å². The topological polar surface area (TPSA) is 70.2 Å². The van der Waals surface area contributed by atoms with Crippen LogP contribution < -0.4 is 4.74 Å². The maximum absolute atomic E-state index is 12.9. The maximum Gasteiger partial charge on any atom is 0.254 e. The summed E-state index contributed by atoms with van der Waals surface area (Å²) in [5.41, 5.74) is 0.540. The quantitative estimate of drug-likeness (QED) is 0.799. The normalized spacial score (nSPS) is 22.2. The Bertz CT molecular complexity index is 701. The zero-order valence-corrected chi connectivity index (χ0v) is 15.5. The molecule has 0 aromatic heterocycles. The average molecular weight is 359 g/mol. The summed E-state index contributed by atoms with van der Waals surface area (Å²) in [6, 6.07) is 6.43. The molecule has 0 radical (unpaired) electrons. The highest BCUT2D eigenvalue weighted by molar-refractivity contribution is 5.98. The minimum Gasteiger partial charge on any atom is -0.497 e. The summed E-state index contributed by atoms with van der Waals surface area (Å²) < 4.78 is 5.13. The molecule has 2 saturated heterocycles. The smallest absolute Gasteiger partial charge is 0.254 e. The van der Waals surface area contributed by atoms with Crippen LogP contribution in [0.1, 0.15) is 23.2 Å². The van der Waals surface area contributed by atoms with Gasteiger partial charge in [-0.3, -0.25) is 14.4 Å². The molecule has 1 aromatic carbocycles. The van der Waals surface area contributed by atoms with E-state index in [4.69, 9.17) is 4.74 Å². The van der Waals surface area contributed by atoms with E-state index in [9.17, 15) is 14.4 Å². The zero-order chi connectivity index (χ0) is 18.8. The monoisotopic (exact) mass is 359 g/mol. The van der Waals surface area contributed by atoms with Crippen LogP contribution in [-0.2, 0) is 9.59 Å². The largest absolute Gasteiger partial charge is 0.497 e. The lowest BCUT2D eigenvalue weighted by Crippen LogP contribution is -2.61. The number of hydrogen-bond donors (Lipinski definition) is 0. The third-order valence-electron chi connectivity index (χ3n) is 5.21. The first-order valence-electron chi connectivity index (χ1n) is 8.84. The molecule has 0 N–H and O–H groups in total. The van der Waals surface area contributed by atoms with E-state index in [1.54, 1.807) is 55.3 Å². The first-order valence-corrected chi connectivity index (χ1v) is 8.84. The summed E-state index contributed by atoms with van der Waals surface area (Å²) in [5.74, 6) is 0.643. The summed E-state index contributed by atoms with van der Waals surface area (Å²) in [6.45, 7) is 1.24. The lowest BCUT2D eigenvalue weighted by atomic mass is 9.85. The second-order valence-electron chi connectivity index (χ2n) is 7.14. The lowest BCUT2D eigenvalue weighted by molar-refractivity contribution is -0.148. The Morgan fingerprint density at radius 1 is 1.23 bits per heavy atom. The molecule has 2 heterocycles. The minimum absolute atomic E-state index is 0.0728. The first-order chi connectivity index (χ1) is 12.4. The van der Waals surface area contributed by atoms with Crippen LogP contribution in [0.4, 0.5) is 0 Å². The molecule has 0 spiro atoms. The van der Waals surface area contributed by atoms with Gasteiger partial charge in [0.1, 0.15) is 11.8 Å². The molecule has 7 nitrogen and oxygen atoms in total. The van der Waals surface area contributed by atoms with Gasteiger partial charge in [-0.25, -0.2) is 0 Å². The van der Waals surface area contributed by atoms with Crippen molar-refractivity contribution in [2.45, 2.75) is 18.9 Å². The standard InChI is InChI=1S/C19H25N3O4/c1-20(2)17(23)12-21-11-13-8-9-22(16(10-13)19(21)25)18(24)14-4-6-15(26-3)7-5-14/h4-7,13,16H,8-12H2,1-3H3/t13-,16+/m0/s1. The van der Waals surface area contributed by atoms with Crippen LogP contribution in [0.3, 0.4) is 0 Å². The summed E-state index contributed by atoms with van der Waals surface area (Å²) in [6.07, 6.45) is 1.52. The molecule has 0 saturated carbocycles. The number of ether oxygens (including phenoxy) is 1. The highest BCUT2D eigenvalue weighted by Crippen LogP contribution is 2.31. The number of hydrogen-bond acceptors (Lipinski definition) is 4. The molecule has 2 atom stereocenters. The molecular formula is C19H25N3O4. The Morgan fingerprint density at radius 3 is 2.54 bits per heavy atom. The number of carbonyl (C=O) groups excluding carboxylic acids is 3. The van der Waals surface area contributed by atoms with Crippen LogP contribution in [0.15, 0.2) is 24.3 Å². The van der Waals surface area contributed by atoms with E-state index in [2.05, 4.69) is 0 Å².